The second-order valence-electron chi connectivity index (χ2n) is 6.91. The summed E-state index contributed by atoms with van der Waals surface area (Å²) in [4.78, 5) is 0. The Hall–Kier alpha value is -2.56. The van der Waals surface area contributed by atoms with Crippen molar-refractivity contribution >= 4 is 0 Å². The SMILES string of the molecule is CC(C)n1c(-c2cccc(F)c2)nnc1C1(c2ccc(F)cc2)CC1. The molecule has 1 saturated carbocycles. The largest absolute Gasteiger partial charge is 0.308 e. The van der Waals surface area contributed by atoms with Crippen LogP contribution < -0.4 is 0 Å². The molecule has 3 aromatic rings. The molecule has 0 unspecified atom stereocenters. The van der Waals surface area contributed by atoms with Crippen molar-refractivity contribution in [3.63, 3.8) is 0 Å². The van der Waals surface area contributed by atoms with Crippen molar-refractivity contribution in [2.24, 2.45) is 0 Å². The molecule has 0 aliphatic heterocycles. The van der Waals surface area contributed by atoms with Gasteiger partial charge < -0.3 is 4.57 Å². The molecule has 2 aromatic carbocycles. The Morgan fingerprint density at radius 1 is 0.960 bits per heavy atom. The molecule has 25 heavy (non-hydrogen) atoms. The summed E-state index contributed by atoms with van der Waals surface area (Å²) in [6, 6.07) is 13.2. The molecule has 1 aromatic heterocycles. The number of halogens is 2. The highest BCUT2D eigenvalue weighted by atomic mass is 19.1. The molecular formula is C20H19F2N3. The van der Waals surface area contributed by atoms with Crippen LogP contribution >= 0.6 is 0 Å². The van der Waals surface area contributed by atoms with Gasteiger partial charge >= 0.3 is 0 Å². The van der Waals surface area contributed by atoms with Crippen LogP contribution in [-0.4, -0.2) is 14.8 Å². The van der Waals surface area contributed by atoms with Gasteiger partial charge in [-0.15, -0.1) is 10.2 Å². The zero-order valence-electron chi connectivity index (χ0n) is 14.2. The van der Waals surface area contributed by atoms with Gasteiger partial charge in [0, 0.05) is 11.6 Å². The van der Waals surface area contributed by atoms with Gasteiger partial charge in [0.15, 0.2) is 5.82 Å². The van der Waals surface area contributed by atoms with Crippen molar-refractivity contribution in [2.45, 2.75) is 38.1 Å². The van der Waals surface area contributed by atoms with Crippen LogP contribution in [0.3, 0.4) is 0 Å². The number of hydrogen-bond acceptors (Lipinski definition) is 2. The molecule has 0 atom stereocenters. The lowest BCUT2D eigenvalue weighted by Crippen LogP contribution is -2.18. The van der Waals surface area contributed by atoms with Gasteiger partial charge in [-0.3, -0.25) is 0 Å². The molecule has 3 nitrogen and oxygen atoms in total. The number of nitrogens with zero attached hydrogens (tertiary/aromatic N) is 3. The third-order valence-corrected chi connectivity index (χ3v) is 4.87. The fraction of sp³-hybridized carbons (Fsp3) is 0.300. The van der Waals surface area contributed by atoms with Crippen LogP contribution in [0.25, 0.3) is 11.4 Å². The van der Waals surface area contributed by atoms with Gasteiger partial charge in [0.25, 0.3) is 0 Å². The van der Waals surface area contributed by atoms with Crippen LogP contribution in [0.4, 0.5) is 8.78 Å². The number of aromatic nitrogens is 3. The van der Waals surface area contributed by atoms with Gasteiger partial charge in [0.2, 0.25) is 0 Å². The summed E-state index contributed by atoms with van der Waals surface area (Å²) in [5.74, 6) is 0.994. The van der Waals surface area contributed by atoms with E-state index in [1.165, 1.54) is 24.3 Å². The standard InChI is InChI=1S/C20H19F2N3/c1-13(2)25-18(14-4-3-5-17(22)12-14)23-24-19(25)20(10-11-20)15-6-8-16(21)9-7-15/h3-9,12-13H,10-11H2,1-2H3. The van der Waals surface area contributed by atoms with Crippen molar-refractivity contribution in [2.75, 3.05) is 0 Å². The van der Waals surface area contributed by atoms with Gasteiger partial charge in [-0.25, -0.2) is 8.78 Å². The highest BCUT2D eigenvalue weighted by Gasteiger charge is 2.50. The van der Waals surface area contributed by atoms with E-state index < -0.39 is 0 Å². The van der Waals surface area contributed by atoms with E-state index in [0.717, 1.165) is 24.2 Å². The maximum Gasteiger partial charge on any atom is 0.164 e. The van der Waals surface area contributed by atoms with E-state index in [2.05, 4.69) is 28.6 Å². The Morgan fingerprint density at radius 2 is 1.68 bits per heavy atom. The Labute approximate surface area is 145 Å². The molecule has 1 aliphatic carbocycles. The summed E-state index contributed by atoms with van der Waals surface area (Å²) in [6.07, 6.45) is 1.90. The molecule has 4 rings (SSSR count). The zero-order chi connectivity index (χ0) is 17.6. The smallest absolute Gasteiger partial charge is 0.164 e. The third-order valence-electron chi connectivity index (χ3n) is 4.87. The minimum absolute atomic E-state index is 0.126. The first kappa shape index (κ1) is 15.9. The van der Waals surface area contributed by atoms with Gasteiger partial charge in [-0.2, -0.15) is 0 Å². The van der Waals surface area contributed by atoms with Crippen molar-refractivity contribution in [3.05, 3.63) is 71.6 Å². The van der Waals surface area contributed by atoms with E-state index in [-0.39, 0.29) is 23.1 Å². The van der Waals surface area contributed by atoms with Crippen LogP contribution in [0.2, 0.25) is 0 Å². The number of hydrogen-bond donors (Lipinski definition) is 0. The molecule has 0 radical (unpaired) electrons. The second-order valence-corrected chi connectivity index (χ2v) is 6.91. The predicted octanol–water partition coefficient (Wildman–Crippen LogP) is 4.88. The Bertz CT molecular complexity index is 909. The summed E-state index contributed by atoms with van der Waals surface area (Å²) in [7, 11) is 0. The fourth-order valence-corrected chi connectivity index (χ4v) is 3.47. The Kier molecular flexibility index (Phi) is 3.67. The van der Waals surface area contributed by atoms with Crippen molar-refractivity contribution < 1.29 is 8.78 Å². The Morgan fingerprint density at radius 3 is 2.28 bits per heavy atom. The maximum absolute atomic E-state index is 13.6. The van der Waals surface area contributed by atoms with Crippen LogP contribution in [0.5, 0.6) is 0 Å². The molecule has 5 heteroatoms. The summed E-state index contributed by atoms with van der Waals surface area (Å²) in [5, 5.41) is 8.84. The normalized spacial score (nSPS) is 15.6. The molecule has 0 spiro atoms. The number of benzene rings is 2. The lowest BCUT2D eigenvalue weighted by atomic mass is 9.94. The van der Waals surface area contributed by atoms with Crippen molar-refractivity contribution in [1.82, 2.24) is 14.8 Å². The van der Waals surface area contributed by atoms with Crippen molar-refractivity contribution in [1.29, 1.82) is 0 Å². The first-order valence-corrected chi connectivity index (χ1v) is 8.49. The van der Waals surface area contributed by atoms with E-state index in [4.69, 9.17) is 0 Å². The van der Waals surface area contributed by atoms with Crippen LogP contribution in [-0.2, 0) is 5.41 Å². The molecule has 1 aliphatic rings. The summed E-state index contributed by atoms with van der Waals surface area (Å²) in [6.45, 7) is 4.13. The quantitative estimate of drug-likeness (QED) is 0.678. The Balaban J connectivity index is 1.85. The molecular weight excluding hydrogens is 320 g/mol. The van der Waals surface area contributed by atoms with Crippen LogP contribution in [0.1, 0.15) is 44.1 Å². The lowest BCUT2D eigenvalue weighted by molar-refractivity contribution is 0.547. The molecule has 0 bridgehead atoms. The monoisotopic (exact) mass is 339 g/mol. The molecule has 1 heterocycles. The first-order valence-electron chi connectivity index (χ1n) is 8.49. The third kappa shape index (κ3) is 2.64. The lowest BCUT2D eigenvalue weighted by Gasteiger charge is -2.20. The fourth-order valence-electron chi connectivity index (χ4n) is 3.47. The highest BCUT2D eigenvalue weighted by Crippen LogP contribution is 2.53. The van der Waals surface area contributed by atoms with Gasteiger partial charge in [-0.05, 0) is 56.5 Å². The molecule has 0 N–H and O–H groups in total. The summed E-state index contributed by atoms with van der Waals surface area (Å²) in [5.41, 5.74) is 1.53. The van der Waals surface area contributed by atoms with E-state index >= 15 is 0 Å². The summed E-state index contributed by atoms with van der Waals surface area (Å²) < 4.78 is 29.0. The second kappa shape index (κ2) is 5.76. The average molecular weight is 339 g/mol. The van der Waals surface area contributed by atoms with Crippen molar-refractivity contribution in [3.8, 4) is 11.4 Å². The summed E-state index contributed by atoms with van der Waals surface area (Å²) >= 11 is 0. The maximum atomic E-state index is 13.6. The van der Waals surface area contributed by atoms with Gasteiger partial charge in [-0.1, -0.05) is 24.3 Å². The van der Waals surface area contributed by atoms with E-state index in [1.807, 2.05) is 18.2 Å². The van der Waals surface area contributed by atoms with Crippen LogP contribution in [0, 0.1) is 11.6 Å². The first-order chi connectivity index (χ1) is 12.0. The molecule has 0 saturated heterocycles. The zero-order valence-corrected chi connectivity index (χ0v) is 14.2. The minimum atomic E-state index is -0.294. The average Bonchev–Trinajstić information content (AvgIpc) is 3.26. The van der Waals surface area contributed by atoms with E-state index in [0.29, 0.717) is 11.4 Å². The molecule has 128 valence electrons. The topological polar surface area (TPSA) is 30.7 Å². The predicted molar refractivity (Wildman–Crippen MR) is 92.2 cm³/mol. The van der Waals surface area contributed by atoms with Gasteiger partial charge in [0.05, 0.1) is 5.41 Å². The minimum Gasteiger partial charge on any atom is -0.308 e. The molecule has 1 fully saturated rings. The highest BCUT2D eigenvalue weighted by molar-refractivity contribution is 5.56. The van der Waals surface area contributed by atoms with E-state index in [9.17, 15) is 8.78 Å². The molecule has 0 amide bonds. The number of rotatable bonds is 4. The van der Waals surface area contributed by atoms with Crippen LogP contribution in [0.15, 0.2) is 48.5 Å². The van der Waals surface area contributed by atoms with Gasteiger partial charge in [0.1, 0.15) is 17.5 Å². The van der Waals surface area contributed by atoms with E-state index in [1.54, 1.807) is 6.07 Å².